The summed E-state index contributed by atoms with van der Waals surface area (Å²) in [5, 5.41) is 0. The molecule has 1 saturated heterocycles. The van der Waals surface area contributed by atoms with Crippen molar-refractivity contribution in [2.45, 2.75) is 19.3 Å². The lowest BCUT2D eigenvalue weighted by molar-refractivity contribution is -0.893. The van der Waals surface area contributed by atoms with E-state index < -0.39 is 7.37 Å². The van der Waals surface area contributed by atoms with Gasteiger partial charge in [-0.2, -0.15) is 0 Å². The number of carbonyl (C=O) groups is 1. The molecule has 5 nitrogen and oxygen atoms in total. The Morgan fingerprint density at radius 3 is 2.53 bits per heavy atom. The van der Waals surface area contributed by atoms with Crippen LogP contribution in [0.5, 0.6) is 0 Å². The van der Waals surface area contributed by atoms with Crippen LogP contribution in [0.1, 0.15) is 19.3 Å². The van der Waals surface area contributed by atoms with E-state index in [1.807, 2.05) is 0 Å². The normalized spacial score (nSPS) is 22.0. The van der Waals surface area contributed by atoms with Crippen molar-refractivity contribution in [1.82, 2.24) is 4.90 Å². The van der Waals surface area contributed by atoms with E-state index in [0.717, 1.165) is 25.9 Å². The number of carbonyl (C=O) groups excluding carboxylic acids is 1. The molecule has 1 rings (SSSR count). The first kappa shape index (κ1) is 12.7. The maximum atomic E-state index is 11.8. The van der Waals surface area contributed by atoms with Gasteiger partial charge in [0.25, 0.3) is 7.37 Å². The Balaban J connectivity index is 2.40. The number of quaternary nitrogens is 1. The van der Waals surface area contributed by atoms with Gasteiger partial charge in [0.05, 0.1) is 13.1 Å². The molecule has 1 heterocycles. The van der Waals surface area contributed by atoms with Crippen LogP contribution in [0.25, 0.3) is 0 Å². The first-order chi connectivity index (χ1) is 7.03. The fraction of sp³-hybridized carbons (Fsp3) is 0.889. The van der Waals surface area contributed by atoms with Crippen LogP contribution in [0.3, 0.4) is 0 Å². The third-order valence-corrected chi connectivity index (χ3v) is 4.48. The lowest BCUT2D eigenvalue weighted by Gasteiger charge is -2.26. The molecule has 0 spiro atoms. The van der Waals surface area contributed by atoms with Crippen LogP contribution >= 0.6 is 7.37 Å². The van der Waals surface area contributed by atoms with Crippen LogP contribution in [-0.4, -0.2) is 48.9 Å². The van der Waals surface area contributed by atoms with E-state index in [0.29, 0.717) is 12.7 Å². The summed E-state index contributed by atoms with van der Waals surface area (Å²) in [5.41, 5.74) is 0. The van der Waals surface area contributed by atoms with Crippen molar-refractivity contribution in [3.8, 4) is 0 Å². The van der Waals surface area contributed by atoms with Crippen LogP contribution in [0, 0.1) is 0 Å². The van der Waals surface area contributed by atoms with Crippen molar-refractivity contribution in [1.29, 1.82) is 0 Å². The average Bonchev–Trinajstić information content (AvgIpc) is 2.17. The molecule has 1 aliphatic heterocycles. The number of amides is 1. The quantitative estimate of drug-likeness (QED) is 0.490. The molecular weight excluding hydrogens is 215 g/mol. The van der Waals surface area contributed by atoms with Crippen molar-refractivity contribution in [2.24, 2.45) is 0 Å². The highest BCUT2D eigenvalue weighted by atomic mass is 31.2. The first-order valence-corrected chi connectivity index (χ1v) is 7.36. The summed E-state index contributed by atoms with van der Waals surface area (Å²) in [6.07, 6.45) is 4.37. The summed E-state index contributed by atoms with van der Waals surface area (Å²) in [5.74, 6) is 0. The molecule has 0 saturated carbocycles. The third kappa shape index (κ3) is 4.78. The monoisotopic (exact) mass is 235 g/mol. The Bertz CT molecular complexity index is 254. The number of nitrogens with zero attached hydrogens (tertiary/aromatic N) is 1. The summed E-state index contributed by atoms with van der Waals surface area (Å²) in [6.45, 7) is 1.96. The van der Waals surface area contributed by atoms with Crippen LogP contribution in [0.4, 0.5) is 0 Å². The molecule has 88 valence electrons. The van der Waals surface area contributed by atoms with Crippen molar-refractivity contribution in [2.75, 3.05) is 32.7 Å². The van der Waals surface area contributed by atoms with Gasteiger partial charge in [-0.3, -0.25) is 9.36 Å². The van der Waals surface area contributed by atoms with E-state index in [2.05, 4.69) is 0 Å². The maximum Gasteiger partial charge on any atom is 0.271 e. The van der Waals surface area contributed by atoms with Crippen LogP contribution in [0.15, 0.2) is 0 Å². The number of hydrogen-bond acceptors (Lipinski definition) is 2. The lowest BCUT2D eigenvalue weighted by atomic mass is 10.1. The van der Waals surface area contributed by atoms with E-state index in [1.165, 1.54) is 23.3 Å². The summed E-state index contributed by atoms with van der Waals surface area (Å²) in [4.78, 5) is 22.5. The Kier molecular flexibility index (Phi) is 4.77. The molecule has 0 aliphatic carbocycles. The standard InChI is InChI=1S/C9H19N2O3P/c1-10(7-12)8-15(13,14)9-11-5-3-2-4-6-11/h7H,2-6,8-9H2,1H3,(H,13,14)/p+1. The van der Waals surface area contributed by atoms with Crippen molar-refractivity contribution < 1.29 is 19.2 Å². The molecule has 1 fully saturated rings. The number of nitrogens with one attached hydrogen (secondary N) is 1. The predicted molar refractivity (Wildman–Crippen MR) is 57.9 cm³/mol. The molecule has 0 radical (unpaired) electrons. The van der Waals surface area contributed by atoms with Gasteiger partial charge in [0.1, 0.15) is 6.29 Å². The third-order valence-electron chi connectivity index (χ3n) is 2.66. The molecule has 0 aromatic heterocycles. The van der Waals surface area contributed by atoms with E-state index in [4.69, 9.17) is 0 Å². The predicted octanol–water partition coefficient (Wildman–Crippen LogP) is -0.671. The lowest BCUT2D eigenvalue weighted by Crippen LogP contribution is -3.12. The molecule has 1 aliphatic rings. The zero-order chi connectivity index (χ0) is 11.3. The van der Waals surface area contributed by atoms with Gasteiger partial charge in [0, 0.05) is 7.05 Å². The minimum atomic E-state index is -3.18. The van der Waals surface area contributed by atoms with Gasteiger partial charge < -0.3 is 14.7 Å². The van der Waals surface area contributed by atoms with Crippen LogP contribution in [-0.2, 0) is 9.36 Å². The van der Waals surface area contributed by atoms with Gasteiger partial charge in [0.2, 0.25) is 6.41 Å². The summed E-state index contributed by atoms with van der Waals surface area (Å²) in [7, 11) is -1.65. The highest BCUT2D eigenvalue weighted by Gasteiger charge is 2.27. The minimum Gasteiger partial charge on any atom is -0.339 e. The highest BCUT2D eigenvalue weighted by molar-refractivity contribution is 7.57. The zero-order valence-corrected chi connectivity index (χ0v) is 10.1. The van der Waals surface area contributed by atoms with Crippen LogP contribution in [0.2, 0.25) is 0 Å². The Hall–Kier alpha value is -0.380. The molecule has 6 heteroatoms. The van der Waals surface area contributed by atoms with Gasteiger partial charge in [-0.1, -0.05) is 0 Å². The minimum absolute atomic E-state index is 0.0278. The maximum absolute atomic E-state index is 11.8. The topological polar surface area (TPSA) is 62.0 Å². The molecule has 1 amide bonds. The number of likely N-dealkylation sites (tertiary alicyclic amines) is 1. The second-order valence-corrected chi connectivity index (χ2v) is 6.61. The molecule has 0 bridgehead atoms. The summed E-state index contributed by atoms with van der Waals surface area (Å²) >= 11 is 0. The molecule has 0 aromatic rings. The highest BCUT2D eigenvalue weighted by Crippen LogP contribution is 2.37. The molecule has 1 atom stereocenters. The fourth-order valence-electron chi connectivity index (χ4n) is 1.99. The summed E-state index contributed by atoms with van der Waals surface area (Å²) in [6, 6.07) is 0. The SMILES string of the molecule is CN(C=O)CP(=O)(O)C[NH+]1CCCCC1. The van der Waals surface area contributed by atoms with Gasteiger partial charge in [-0.25, -0.2) is 0 Å². The van der Waals surface area contributed by atoms with Gasteiger partial charge in [-0.05, 0) is 19.3 Å². The van der Waals surface area contributed by atoms with Gasteiger partial charge >= 0.3 is 0 Å². The van der Waals surface area contributed by atoms with Crippen molar-refractivity contribution in [3.63, 3.8) is 0 Å². The number of hydrogen-bond donors (Lipinski definition) is 2. The van der Waals surface area contributed by atoms with Crippen molar-refractivity contribution >= 4 is 13.8 Å². The molecule has 2 N–H and O–H groups in total. The van der Waals surface area contributed by atoms with E-state index in [-0.39, 0.29) is 6.29 Å². The Morgan fingerprint density at radius 2 is 2.00 bits per heavy atom. The molecular formula is C9H20N2O3P+. The number of piperidine rings is 1. The smallest absolute Gasteiger partial charge is 0.271 e. The molecule has 15 heavy (non-hydrogen) atoms. The fourth-order valence-corrected chi connectivity index (χ4v) is 3.87. The van der Waals surface area contributed by atoms with E-state index in [1.54, 1.807) is 0 Å². The second-order valence-electron chi connectivity index (χ2n) is 4.32. The van der Waals surface area contributed by atoms with E-state index >= 15 is 0 Å². The van der Waals surface area contributed by atoms with Gasteiger partial charge in [-0.15, -0.1) is 0 Å². The van der Waals surface area contributed by atoms with Crippen LogP contribution < -0.4 is 4.90 Å². The largest absolute Gasteiger partial charge is 0.339 e. The Morgan fingerprint density at radius 1 is 1.40 bits per heavy atom. The zero-order valence-electron chi connectivity index (χ0n) is 9.19. The first-order valence-electron chi connectivity index (χ1n) is 5.33. The summed E-state index contributed by atoms with van der Waals surface area (Å²) < 4.78 is 11.8. The molecule has 0 aromatic carbocycles. The number of rotatable bonds is 5. The van der Waals surface area contributed by atoms with Gasteiger partial charge in [0.15, 0.2) is 6.29 Å². The Labute approximate surface area is 90.5 Å². The van der Waals surface area contributed by atoms with E-state index in [9.17, 15) is 14.3 Å². The second kappa shape index (κ2) is 5.64. The van der Waals surface area contributed by atoms with Crippen molar-refractivity contribution in [3.05, 3.63) is 0 Å². The molecule has 1 unspecified atom stereocenters. The average molecular weight is 235 g/mol.